The Morgan fingerprint density at radius 2 is 1.98 bits per heavy atom. The van der Waals surface area contributed by atoms with Crippen molar-refractivity contribution in [3.05, 3.63) is 49.9 Å². The highest BCUT2D eigenvalue weighted by molar-refractivity contribution is 7.89. The van der Waals surface area contributed by atoms with Crippen LogP contribution in [0.25, 0.3) is 22.4 Å². The van der Waals surface area contributed by atoms with E-state index in [1.165, 1.54) is 22.7 Å². The number of piperazine rings is 1. The van der Waals surface area contributed by atoms with E-state index in [4.69, 9.17) is 9.72 Å². The highest BCUT2D eigenvalue weighted by atomic mass is 32.2. The van der Waals surface area contributed by atoms with Gasteiger partial charge in [0.25, 0.3) is 10.6 Å². The van der Waals surface area contributed by atoms with Gasteiger partial charge in [0.1, 0.15) is 22.6 Å². The molecule has 42 heavy (non-hydrogen) atoms. The molecule has 228 valence electrons. The van der Waals surface area contributed by atoms with E-state index in [0.717, 1.165) is 12.0 Å². The van der Waals surface area contributed by atoms with Gasteiger partial charge in [0.15, 0.2) is 0 Å². The molecular weight excluding hydrogens is 570 g/mol. The minimum absolute atomic E-state index is 0.0123. The number of oxime groups is 1. The number of benzene rings is 1. The second-order valence-corrected chi connectivity index (χ2v) is 11.7. The van der Waals surface area contributed by atoms with Gasteiger partial charge < -0.3 is 29.2 Å². The molecule has 2 aromatic heterocycles. The van der Waals surface area contributed by atoms with Crippen molar-refractivity contribution in [1.29, 1.82) is 0 Å². The number of aromatic nitrogens is 3. The number of H-pyrrole nitrogens is 1. The summed E-state index contributed by atoms with van der Waals surface area (Å²) in [5.74, 6) is 0.524. The van der Waals surface area contributed by atoms with Gasteiger partial charge in [-0.15, -0.1) is 10.1 Å². The number of aryl methyl sites for hydroxylation is 2. The molecule has 0 aliphatic carbocycles. The molecule has 0 bridgehead atoms. The van der Waals surface area contributed by atoms with Crippen LogP contribution < -0.4 is 10.3 Å². The lowest BCUT2D eigenvalue weighted by Gasteiger charge is -2.34. The van der Waals surface area contributed by atoms with Crippen LogP contribution in [0, 0.1) is 10.1 Å². The normalized spacial score (nSPS) is 15.0. The van der Waals surface area contributed by atoms with Crippen LogP contribution >= 0.6 is 0 Å². The summed E-state index contributed by atoms with van der Waals surface area (Å²) in [6, 6.07) is 4.50. The van der Waals surface area contributed by atoms with E-state index in [1.807, 2.05) is 11.8 Å². The Balaban J connectivity index is 1.67. The fourth-order valence-electron chi connectivity index (χ4n) is 5.18. The van der Waals surface area contributed by atoms with Gasteiger partial charge in [-0.3, -0.25) is 4.79 Å². The molecule has 0 radical (unpaired) electrons. The summed E-state index contributed by atoms with van der Waals surface area (Å²) in [7, 11) is -2.21. The summed E-state index contributed by atoms with van der Waals surface area (Å²) < 4.78 is 36.1. The van der Waals surface area contributed by atoms with Crippen LogP contribution in [0.15, 0.2) is 33.0 Å². The van der Waals surface area contributed by atoms with Gasteiger partial charge >= 0.3 is 0 Å². The Hall–Kier alpha value is -4.02. The van der Waals surface area contributed by atoms with E-state index >= 15 is 0 Å². The smallest absolute Gasteiger partial charge is 0.294 e. The summed E-state index contributed by atoms with van der Waals surface area (Å²) in [5, 5.41) is 21.8. The molecule has 4 rings (SSSR count). The zero-order valence-corrected chi connectivity index (χ0v) is 24.6. The van der Waals surface area contributed by atoms with Crippen LogP contribution in [-0.4, -0.2) is 94.6 Å². The predicted octanol–water partition coefficient (Wildman–Crippen LogP) is 1.99. The monoisotopic (exact) mass is 605 g/mol. The van der Waals surface area contributed by atoms with Crippen molar-refractivity contribution in [2.45, 2.75) is 38.0 Å². The lowest BCUT2D eigenvalue weighted by atomic mass is 10.1. The molecule has 3 heterocycles. The van der Waals surface area contributed by atoms with Crippen molar-refractivity contribution >= 4 is 27.3 Å². The highest BCUT2D eigenvalue weighted by Crippen LogP contribution is 2.33. The Morgan fingerprint density at radius 1 is 1.24 bits per heavy atom. The molecule has 1 aliphatic heterocycles. The van der Waals surface area contributed by atoms with Gasteiger partial charge in [-0.1, -0.05) is 18.5 Å². The average Bonchev–Trinajstić information content (AvgIpc) is 3.22. The van der Waals surface area contributed by atoms with Crippen LogP contribution in [0.3, 0.4) is 0 Å². The van der Waals surface area contributed by atoms with E-state index in [2.05, 4.69) is 15.0 Å². The van der Waals surface area contributed by atoms with E-state index in [9.17, 15) is 28.5 Å². The van der Waals surface area contributed by atoms with Crippen molar-refractivity contribution in [3.63, 3.8) is 0 Å². The average molecular weight is 606 g/mol. The number of aromatic amines is 1. The zero-order chi connectivity index (χ0) is 30.4. The third-order valence-corrected chi connectivity index (χ3v) is 9.05. The number of hydrogen-bond acceptors (Lipinski definition) is 11. The van der Waals surface area contributed by atoms with Crippen LogP contribution in [0.4, 0.5) is 0 Å². The first-order valence-corrected chi connectivity index (χ1v) is 15.1. The number of rotatable bonds is 13. The second-order valence-electron chi connectivity index (χ2n) is 9.78. The van der Waals surface area contributed by atoms with Crippen molar-refractivity contribution in [3.8, 4) is 17.1 Å². The van der Waals surface area contributed by atoms with Crippen LogP contribution in [0.2, 0.25) is 0 Å². The van der Waals surface area contributed by atoms with E-state index in [0.29, 0.717) is 67.1 Å². The molecular formula is C26H35N7O8S. The molecule has 0 amide bonds. The summed E-state index contributed by atoms with van der Waals surface area (Å²) in [6.45, 7) is 6.09. The number of hydrogen-bond donors (Lipinski definition) is 2. The van der Waals surface area contributed by atoms with Gasteiger partial charge in [0.05, 0.1) is 35.6 Å². The number of sulfonamides is 1. The Morgan fingerprint density at radius 3 is 2.62 bits per heavy atom. The SMILES string of the molecule is CCCc1c(C=NO)n(C)c2c(=O)[nH]c(-c3cc(S(=O)(=O)N4CCN(CCCO[N+](=O)[O-])CC4)ccc3OCC)nc12. The number of nitrogens with one attached hydrogen (secondary N) is 1. The molecule has 1 fully saturated rings. The molecule has 0 spiro atoms. The van der Waals surface area contributed by atoms with Gasteiger partial charge in [0.2, 0.25) is 10.0 Å². The van der Waals surface area contributed by atoms with Gasteiger partial charge in [-0.25, -0.2) is 13.4 Å². The van der Waals surface area contributed by atoms with Crippen molar-refractivity contribution in [1.82, 2.24) is 23.7 Å². The molecule has 2 N–H and O–H groups in total. The number of ether oxygens (including phenoxy) is 1. The Kier molecular flexibility index (Phi) is 9.80. The fraction of sp³-hybridized carbons (Fsp3) is 0.500. The molecule has 0 atom stereocenters. The maximum absolute atomic E-state index is 13.7. The van der Waals surface area contributed by atoms with Gasteiger partial charge in [0, 0.05) is 45.3 Å². The lowest BCUT2D eigenvalue weighted by Crippen LogP contribution is -2.48. The second kappa shape index (κ2) is 13.3. The van der Waals surface area contributed by atoms with Crippen LogP contribution in [0.1, 0.15) is 37.9 Å². The van der Waals surface area contributed by atoms with Gasteiger partial charge in [-0.2, -0.15) is 4.31 Å². The quantitative estimate of drug-likeness (QED) is 0.0960. The summed E-state index contributed by atoms with van der Waals surface area (Å²) in [4.78, 5) is 37.6. The Bertz CT molecular complexity index is 1630. The standard InChI is InChI=1S/C26H35N7O8S/c1-4-7-19-21(17-27-35)30(3)24-23(19)28-25(29-26(24)34)20-16-18(8-9-22(20)40-5-2)42(38,39)32-13-11-31(12-14-32)10-6-15-41-33(36)37/h8-9,16-17,35H,4-7,10-15H2,1-3H3,(H,28,29,34). The molecule has 0 saturated carbocycles. The first kappa shape index (κ1) is 30.9. The molecule has 15 nitrogen and oxygen atoms in total. The van der Waals surface area contributed by atoms with Crippen molar-refractivity contribution in [2.24, 2.45) is 12.2 Å². The van der Waals surface area contributed by atoms with Crippen molar-refractivity contribution in [2.75, 3.05) is 45.9 Å². The zero-order valence-electron chi connectivity index (χ0n) is 23.8. The first-order valence-electron chi connectivity index (χ1n) is 13.7. The van der Waals surface area contributed by atoms with E-state index in [-0.39, 0.29) is 30.4 Å². The predicted molar refractivity (Wildman–Crippen MR) is 154 cm³/mol. The van der Waals surface area contributed by atoms with Crippen molar-refractivity contribution < 1.29 is 28.3 Å². The molecule has 1 aromatic carbocycles. The largest absolute Gasteiger partial charge is 0.493 e. The first-order chi connectivity index (χ1) is 20.1. The topological polar surface area (TPSA) is 185 Å². The third-order valence-electron chi connectivity index (χ3n) is 7.16. The lowest BCUT2D eigenvalue weighted by molar-refractivity contribution is -0.757. The number of fused-ring (bicyclic) bond motifs is 1. The minimum atomic E-state index is -3.90. The third kappa shape index (κ3) is 6.39. The molecule has 0 unspecified atom stereocenters. The summed E-state index contributed by atoms with van der Waals surface area (Å²) in [5.41, 5.74) is 1.93. The molecule has 1 saturated heterocycles. The minimum Gasteiger partial charge on any atom is -0.493 e. The van der Waals surface area contributed by atoms with E-state index < -0.39 is 20.7 Å². The Labute approximate surface area is 242 Å². The molecule has 3 aromatic rings. The maximum Gasteiger partial charge on any atom is 0.294 e. The number of nitrogens with zero attached hydrogens (tertiary/aromatic N) is 6. The summed E-state index contributed by atoms with van der Waals surface area (Å²) in [6.07, 6.45) is 3.06. The highest BCUT2D eigenvalue weighted by Gasteiger charge is 2.30. The van der Waals surface area contributed by atoms with Crippen LogP contribution in [0.5, 0.6) is 5.75 Å². The van der Waals surface area contributed by atoms with E-state index in [1.54, 1.807) is 24.6 Å². The maximum atomic E-state index is 13.7. The van der Waals surface area contributed by atoms with Crippen LogP contribution in [-0.2, 0) is 28.3 Å². The summed E-state index contributed by atoms with van der Waals surface area (Å²) >= 11 is 0. The molecule has 16 heteroatoms. The fourth-order valence-corrected chi connectivity index (χ4v) is 6.63. The van der Waals surface area contributed by atoms with Gasteiger partial charge in [-0.05, 0) is 38.0 Å². The molecule has 1 aliphatic rings.